The first kappa shape index (κ1) is 22.5. The van der Waals surface area contributed by atoms with Crippen LogP contribution in [0.4, 0.5) is 11.4 Å². The Kier molecular flexibility index (Phi) is 5.85. The van der Waals surface area contributed by atoms with Crippen LogP contribution < -0.4 is 19.4 Å². The number of hydroxylamine groups is 1. The topological polar surface area (TPSA) is 68.3 Å². The molecule has 3 aromatic rings. The lowest BCUT2D eigenvalue weighted by Gasteiger charge is -2.29. The lowest BCUT2D eigenvalue weighted by Crippen LogP contribution is -2.37. The standard InChI is InChI=1S/C25H20Cl2N2O5/c1-32-16-9-11-20(33-2)17(13-16)22-21-23(34-29(22)14-6-4-3-5-7-14)25(31)28(24(21)30)15-8-10-18(26)19(27)12-15/h3-13,21-23H,1-2H3/t21-,22-,23-/m1/s1. The second-order valence-corrected chi connectivity index (χ2v) is 8.69. The zero-order valence-corrected chi connectivity index (χ0v) is 19.8. The molecule has 34 heavy (non-hydrogen) atoms. The molecule has 2 heterocycles. The van der Waals surface area contributed by atoms with Crippen LogP contribution in [-0.4, -0.2) is 32.1 Å². The first-order chi connectivity index (χ1) is 16.4. The maximum absolute atomic E-state index is 13.8. The van der Waals surface area contributed by atoms with E-state index in [9.17, 15) is 9.59 Å². The van der Waals surface area contributed by atoms with E-state index in [1.165, 1.54) is 6.07 Å². The molecule has 2 saturated heterocycles. The van der Waals surface area contributed by atoms with Crippen LogP contribution in [0.2, 0.25) is 10.0 Å². The molecule has 2 aliphatic heterocycles. The van der Waals surface area contributed by atoms with Gasteiger partial charge in [0.25, 0.3) is 5.91 Å². The third-order valence-electron chi connectivity index (χ3n) is 6.04. The molecule has 0 aliphatic carbocycles. The minimum atomic E-state index is -1.02. The number of rotatable bonds is 5. The van der Waals surface area contributed by atoms with Crippen molar-refractivity contribution in [2.75, 3.05) is 24.2 Å². The second-order valence-electron chi connectivity index (χ2n) is 7.88. The fourth-order valence-corrected chi connectivity index (χ4v) is 4.77. The van der Waals surface area contributed by atoms with Crippen LogP contribution >= 0.6 is 23.2 Å². The molecule has 5 rings (SSSR count). The molecule has 0 saturated carbocycles. The van der Waals surface area contributed by atoms with Gasteiger partial charge in [0.05, 0.1) is 35.6 Å². The van der Waals surface area contributed by atoms with Crippen LogP contribution in [0.15, 0.2) is 66.7 Å². The first-order valence-electron chi connectivity index (χ1n) is 10.5. The number of para-hydroxylation sites is 1. The van der Waals surface area contributed by atoms with Crippen LogP contribution in [-0.2, 0) is 14.4 Å². The van der Waals surface area contributed by atoms with E-state index < -0.39 is 29.9 Å². The molecule has 0 bridgehead atoms. The quantitative estimate of drug-likeness (QED) is 0.458. The van der Waals surface area contributed by atoms with Gasteiger partial charge in [0.15, 0.2) is 6.10 Å². The van der Waals surface area contributed by atoms with Gasteiger partial charge in [-0.1, -0.05) is 41.4 Å². The minimum Gasteiger partial charge on any atom is -0.497 e. The molecule has 0 radical (unpaired) electrons. The highest BCUT2D eigenvalue weighted by atomic mass is 35.5. The van der Waals surface area contributed by atoms with Crippen LogP contribution in [0.3, 0.4) is 0 Å². The van der Waals surface area contributed by atoms with E-state index in [-0.39, 0.29) is 5.02 Å². The number of carbonyl (C=O) groups is 2. The molecule has 0 N–H and O–H groups in total. The van der Waals surface area contributed by atoms with Gasteiger partial charge in [0.1, 0.15) is 23.5 Å². The lowest BCUT2D eigenvalue weighted by molar-refractivity contribution is -0.126. The number of benzene rings is 3. The van der Waals surface area contributed by atoms with Crippen LogP contribution in [0.1, 0.15) is 11.6 Å². The normalized spacial score (nSPS) is 21.7. The molecule has 3 atom stereocenters. The van der Waals surface area contributed by atoms with Crippen molar-refractivity contribution < 1.29 is 23.9 Å². The number of ether oxygens (including phenoxy) is 2. The molecule has 2 amide bonds. The van der Waals surface area contributed by atoms with E-state index in [4.69, 9.17) is 37.5 Å². The Morgan fingerprint density at radius 2 is 1.59 bits per heavy atom. The third-order valence-corrected chi connectivity index (χ3v) is 6.78. The summed E-state index contributed by atoms with van der Waals surface area (Å²) < 4.78 is 11.0. The van der Waals surface area contributed by atoms with E-state index in [2.05, 4.69) is 0 Å². The van der Waals surface area contributed by atoms with Crippen molar-refractivity contribution in [2.45, 2.75) is 12.1 Å². The van der Waals surface area contributed by atoms with Crippen molar-refractivity contribution in [1.29, 1.82) is 0 Å². The highest BCUT2D eigenvalue weighted by molar-refractivity contribution is 6.42. The molecule has 174 valence electrons. The summed E-state index contributed by atoms with van der Waals surface area (Å²) in [6.45, 7) is 0. The summed E-state index contributed by atoms with van der Waals surface area (Å²) in [6, 6.07) is 18.6. The number of halogens is 2. The van der Waals surface area contributed by atoms with Gasteiger partial charge in [-0.2, -0.15) is 0 Å². The Morgan fingerprint density at radius 1 is 0.824 bits per heavy atom. The van der Waals surface area contributed by atoms with Gasteiger partial charge >= 0.3 is 0 Å². The average molecular weight is 499 g/mol. The Balaban J connectivity index is 1.64. The van der Waals surface area contributed by atoms with Crippen LogP contribution in [0, 0.1) is 5.92 Å². The molecule has 0 unspecified atom stereocenters. The zero-order valence-electron chi connectivity index (χ0n) is 18.3. The minimum absolute atomic E-state index is 0.245. The lowest BCUT2D eigenvalue weighted by atomic mass is 9.89. The summed E-state index contributed by atoms with van der Waals surface area (Å²) in [4.78, 5) is 34.5. The fourth-order valence-electron chi connectivity index (χ4n) is 4.48. The van der Waals surface area contributed by atoms with Crippen LogP contribution in [0.5, 0.6) is 11.5 Å². The Hall–Kier alpha value is -3.26. The predicted molar refractivity (Wildman–Crippen MR) is 129 cm³/mol. The number of nitrogens with zero attached hydrogens (tertiary/aromatic N) is 2. The van der Waals surface area contributed by atoms with Gasteiger partial charge in [-0.05, 0) is 48.5 Å². The Labute approximate surface area is 206 Å². The maximum atomic E-state index is 13.8. The van der Waals surface area contributed by atoms with E-state index in [0.717, 1.165) is 4.90 Å². The summed E-state index contributed by atoms with van der Waals surface area (Å²) in [7, 11) is 3.11. The average Bonchev–Trinajstić information content (AvgIpc) is 3.37. The smallest absolute Gasteiger partial charge is 0.266 e. The monoisotopic (exact) mass is 498 g/mol. The number of hydrogen-bond acceptors (Lipinski definition) is 6. The van der Waals surface area contributed by atoms with Gasteiger partial charge in [0.2, 0.25) is 5.91 Å². The molecule has 3 aromatic carbocycles. The Bertz CT molecular complexity index is 1270. The van der Waals surface area contributed by atoms with Gasteiger partial charge in [-0.25, -0.2) is 9.96 Å². The number of carbonyl (C=O) groups excluding carboxylic acids is 2. The van der Waals surface area contributed by atoms with Crippen LogP contribution in [0.25, 0.3) is 0 Å². The van der Waals surface area contributed by atoms with E-state index >= 15 is 0 Å². The summed E-state index contributed by atoms with van der Waals surface area (Å²) in [5, 5.41) is 2.18. The molecule has 0 spiro atoms. The number of hydrogen-bond donors (Lipinski definition) is 0. The molecule has 0 aromatic heterocycles. The Morgan fingerprint density at radius 3 is 2.26 bits per heavy atom. The van der Waals surface area contributed by atoms with Crippen molar-refractivity contribution in [3.63, 3.8) is 0 Å². The van der Waals surface area contributed by atoms with Gasteiger partial charge in [-0.3, -0.25) is 14.4 Å². The van der Waals surface area contributed by atoms with Crippen molar-refractivity contribution in [3.8, 4) is 11.5 Å². The van der Waals surface area contributed by atoms with Crippen molar-refractivity contribution in [1.82, 2.24) is 0 Å². The van der Waals surface area contributed by atoms with E-state index in [0.29, 0.717) is 33.5 Å². The third kappa shape index (κ3) is 3.57. The highest BCUT2D eigenvalue weighted by Gasteiger charge is 2.60. The van der Waals surface area contributed by atoms with Crippen molar-refractivity contribution in [3.05, 3.63) is 82.3 Å². The second kappa shape index (κ2) is 8.83. The molecule has 2 aliphatic rings. The maximum Gasteiger partial charge on any atom is 0.266 e. The van der Waals surface area contributed by atoms with Crippen molar-refractivity contribution in [2.24, 2.45) is 5.92 Å². The van der Waals surface area contributed by atoms with Gasteiger partial charge in [0, 0.05) is 5.56 Å². The summed E-state index contributed by atoms with van der Waals surface area (Å²) in [6.07, 6.45) is -1.02. The number of fused-ring (bicyclic) bond motifs is 1. The molecular formula is C25H20Cl2N2O5. The predicted octanol–water partition coefficient (Wildman–Crippen LogP) is 5.06. The molecule has 7 nitrogen and oxygen atoms in total. The summed E-state index contributed by atoms with van der Waals surface area (Å²) >= 11 is 12.2. The van der Waals surface area contributed by atoms with Crippen molar-refractivity contribution >= 4 is 46.4 Å². The SMILES string of the molecule is COc1ccc(OC)c([C@@H]2[C@H]3C(=O)N(c4ccc(Cl)c(Cl)c4)C(=O)[C@@H]3ON2c2ccccc2)c1. The number of amides is 2. The molecular weight excluding hydrogens is 479 g/mol. The summed E-state index contributed by atoms with van der Waals surface area (Å²) in [5.74, 6) is -0.571. The number of methoxy groups -OCH3 is 2. The first-order valence-corrected chi connectivity index (χ1v) is 11.3. The molecule has 9 heteroatoms. The number of anilines is 2. The number of imide groups is 1. The van der Waals surface area contributed by atoms with Gasteiger partial charge in [-0.15, -0.1) is 0 Å². The largest absolute Gasteiger partial charge is 0.497 e. The highest BCUT2D eigenvalue weighted by Crippen LogP contribution is 2.50. The van der Waals surface area contributed by atoms with Gasteiger partial charge < -0.3 is 9.47 Å². The van der Waals surface area contributed by atoms with E-state index in [1.54, 1.807) is 49.6 Å². The zero-order chi connectivity index (χ0) is 24.0. The fraction of sp³-hybridized carbons (Fsp3) is 0.200. The molecule has 2 fully saturated rings. The van der Waals surface area contributed by atoms with E-state index in [1.807, 2.05) is 30.3 Å². The summed E-state index contributed by atoms with van der Waals surface area (Å²) in [5.41, 5.74) is 1.70.